The van der Waals surface area contributed by atoms with E-state index in [9.17, 15) is 9.65 Å². The molecule has 0 aliphatic heterocycles. The molecule has 0 aliphatic rings. The standard InChI is InChI=1S/C22H22FN5S/c1-14-10-15(2)19-12-16(13-24)21(28-20(19)11-14)25-8-3-9-26-22(29)27-18-6-4-17(23)5-7-18/h4-7,10-12H,3,8-9H2,1-2H3,(H,25,28)(H2,26,27,29). The fourth-order valence-corrected chi connectivity index (χ4v) is 3.28. The molecule has 1 aromatic heterocycles. The number of pyridine rings is 1. The third-order valence-electron chi connectivity index (χ3n) is 4.44. The van der Waals surface area contributed by atoms with Crippen molar-refractivity contribution in [1.82, 2.24) is 10.3 Å². The van der Waals surface area contributed by atoms with Crippen LogP contribution in [0.3, 0.4) is 0 Å². The summed E-state index contributed by atoms with van der Waals surface area (Å²) >= 11 is 5.24. The molecular weight excluding hydrogens is 385 g/mol. The first-order chi connectivity index (χ1) is 14.0. The molecule has 3 N–H and O–H groups in total. The number of aromatic nitrogens is 1. The van der Waals surface area contributed by atoms with Crippen molar-refractivity contribution in [2.75, 3.05) is 23.7 Å². The zero-order valence-electron chi connectivity index (χ0n) is 16.3. The summed E-state index contributed by atoms with van der Waals surface area (Å²) in [5.41, 5.74) is 4.40. The van der Waals surface area contributed by atoms with Crippen LogP contribution < -0.4 is 16.0 Å². The van der Waals surface area contributed by atoms with Crippen LogP contribution in [0.4, 0.5) is 15.9 Å². The first kappa shape index (κ1) is 20.5. The Bertz CT molecular complexity index is 1070. The number of nitriles is 1. The third-order valence-corrected chi connectivity index (χ3v) is 4.69. The van der Waals surface area contributed by atoms with Crippen LogP contribution in [-0.2, 0) is 0 Å². The Kier molecular flexibility index (Phi) is 6.57. The molecule has 0 spiro atoms. The van der Waals surface area contributed by atoms with Crippen LogP contribution in [-0.4, -0.2) is 23.2 Å². The summed E-state index contributed by atoms with van der Waals surface area (Å²) in [6.45, 7) is 5.35. The molecule has 0 amide bonds. The molecule has 148 valence electrons. The second kappa shape index (κ2) is 9.30. The van der Waals surface area contributed by atoms with Crippen LogP contribution in [0, 0.1) is 31.0 Å². The summed E-state index contributed by atoms with van der Waals surface area (Å²) in [7, 11) is 0. The first-order valence-corrected chi connectivity index (χ1v) is 9.73. The van der Waals surface area contributed by atoms with E-state index in [-0.39, 0.29) is 5.82 Å². The molecule has 0 bridgehead atoms. The minimum Gasteiger partial charge on any atom is -0.369 e. The maximum Gasteiger partial charge on any atom is 0.170 e. The van der Waals surface area contributed by atoms with Crippen molar-refractivity contribution < 1.29 is 4.39 Å². The highest BCUT2D eigenvalue weighted by Gasteiger charge is 2.08. The molecule has 5 nitrogen and oxygen atoms in total. The van der Waals surface area contributed by atoms with Gasteiger partial charge in [0.2, 0.25) is 0 Å². The van der Waals surface area contributed by atoms with Gasteiger partial charge in [-0.15, -0.1) is 0 Å². The van der Waals surface area contributed by atoms with Gasteiger partial charge >= 0.3 is 0 Å². The molecule has 0 aliphatic carbocycles. The highest BCUT2D eigenvalue weighted by Crippen LogP contribution is 2.24. The number of benzene rings is 2. The third kappa shape index (κ3) is 5.39. The Morgan fingerprint density at radius 1 is 1.14 bits per heavy atom. The number of anilines is 2. The van der Waals surface area contributed by atoms with E-state index in [1.54, 1.807) is 12.1 Å². The SMILES string of the molecule is Cc1cc(C)c2cc(C#N)c(NCCCNC(=S)Nc3ccc(F)cc3)nc2c1. The van der Waals surface area contributed by atoms with Crippen LogP contribution in [0.5, 0.6) is 0 Å². The number of rotatable bonds is 6. The van der Waals surface area contributed by atoms with Gasteiger partial charge in [-0.05, 0) is 80.0 Å². The van der Waals surface area contributed by atoms with Crippen molar-refractivity contribution in [2.24, 2.45) is 0 Å². The number of aryl methyl sites for hydroxylation is 2. The Labute approximate surface area is 175 Å². The monoisotopic (exact) mass is 407 g/mol. The fraction of sp³-hybridized carbons (Fsp3) is 0.227. The first-order valence-electron chi connectivity index (χ1n) is 9.32. The number of fused-ring (bicyclic) bond motifs is 1. The predicted octanol–water partition coefficient (Wildman–Crippen LogP) is 4.65. The summed E-state index contributed by atoms with van der Waals surface area (Å²) in [5.74, 6) is 0.307. The van der Waals surface area contributed by atoms with E-state index in [1.165, 1.54) is 12.1 Å². The van der Waals surface area contributed by atoms with E-state index in [0.717, 1.165) is 34.1 Å². The number of nitrogens with zero attached hydrogens (tertiary/aromatic N) is 2. The zero-order valence-corrected chi connectivity index (χ0v) is 17.2. The number of thiocarbonyl (C=S) groups is 1. The number of halogens is 1. The molecule has 0 saturated heterocycles. The molecular formula is C22H22FN5S. The second-order valence-electron chi connectivity index (χ2n) is 6.81. The Morgan fingerprint density at radius 2 is 1.90 bits per heavy atom. The largest absolute Gasteiger partial charge is 0.369 e. The molecule has 2 aromatic carbocycles. The smallest absolute Gasteiger partial charge is 0.170 e. The van der Waals surface area contributed by atoms with Gasteiger partial charge in [0.15, 0.2) is 5.11 Å². The van der Waals surface area contributed by atoms with Gasteiger partial charge in [-0.3, -0.25) is 0 Å². The Hall–Kier alpha value is -3.24. The number of nitrogens with one attached hydrogen (secondary N) is 3. The minimum absolute atomic E-state index is 0.287. The lowest BCUT2D eigenvalue weighted by Gasteiger charge is -2.12. The maximum absolute atomic E-state index is 12.9. The van der Waals surface area contributed by atoms with E-state index in [0.29, 0.717) is 29.6 Å². The zero-order chi connectivity index (χ0) is 20.8. The van der Waals surface area contributed by atoms with Gasteiger partial charge in [-0.25, -0.2) is 9.37 Å². The average molecular weight is 408 g/mol. The molecule has 7 heteroatoms. The molecule has 3 aromatic rings. The van der Waals surface area contributed by atoms with Gasteiger partial charge in [0, 0.05) is 24.2 Å². The predicted molar refractivity (Wildman–Crippen MR) is 120 cm³/mol. The number of hydrogen-bond acceptors (Lipinski definition) is 4. The number of hydrogen-bond donors (Lipinski definition) is 3. The highest BCUT2D eigenvalue weighted by molar-refractivity contribution is 7.80. The van der Waals surface area contributed by atoms with Crippen LogP contribution in [0.25, 0.3) is 10.9 Å². The van der Waals surface area contributed by atoms with Crippen molar-refractivity contribution in [3.05, 3.63) is 65.0 Å². The molecule has 0 atom stereocenters. The summed E-state index contributed by atoms with van der Waals surface area (Å²) in [5, 5.41) is 20.3. The van der Waals surface area contributed by atoms with Crippen molar-refractivity contribution in [1.29, 1.82) is 5.26 Å². The lowest BCUT2D eigenvalue weighted by Crippen LogP contribution is -2.30. The van der Waals surface area contributed by atoms with Gasteiger partial charge in [0.05, 0.1) is 11.1 Å². The Balaban J connectivity index is 1.52. The molecule has 0 saturated carbocycles. The molecule has 0 fully saturated rings. The summed E-state index contributed by atoms with van der Waals surface area (Å²) in [6.07, 6.45) is 0.780. The van der Waals surface area contributed by atoms with Gasteiger partial charge in [0.1, 0.15) is 17.7 Å². The Morgan fingerprint density at radius 3 is 2.62 bits per heavy atom. The second-order valence-corrected chi connectivity index (χ2v) is 7.22. The lowest BCUT2D eigenvalue weighted by atomic mass is 10.0. The topological polar surface area (TPSA) is 72.8 Å². The highest BCUT2D eigenvalue weighted by atomic mass is 32.1. The molecule has 0 radical (unpaired) electrons. The van der Waals surface area contributed by atoms with Crippen LogP contribution in [0.15, 0.2) is 42.5 Å². The van der Waals surface area contributed by atoms with Crippen molar-refractivity contribution in [3.63, 3.8) is 0 Å². The average Bonchev–Trinajstić information content (AvgIpc) is 2.69. The van der Waals surface area contributed by atoms with Crippen LogP contribution in [0.2, 0.25) is 0 Å². The van der Waals surface area contributed by atoms with Gasteiger partial charge in [0.25, 0.3) is 0 Å². The van der Waals surface area contributed by atoms with E-state index in [2.05, 4.69) is 33.1 Å². The normalized spacial score (nSPS) is 10.4. The molecule has 3 rings (SSSR count). The van der Waals surface area contributed by atoms with Crippen molar-refractivity contribution in [3.8, 4) is 6.07 Å². The summed E-state index contributed by atoms with van der Waals surface area (Å²) in [6, 6.07) is 14.2. The van der Waals surface area contributed by atoms with Crippen LogP contribution in [0.1, 0.15) is 23.1 Å². The van der Waals surface area contributed by atoms with E-state index in [1.807, 2.05) is 26.0 Å². The quantitative estimate of drug-likeness (QED) is 0.408. The van der Waals surface area contributed by atoms with Gasteiger partial charge in [-0.2, -0.15) is 5.26 Å². The summed E-state index contributed by atoms with van der Waals surface area (Å²) < 4.78 is 12.9. The maximum atomic E-state index is 12.9. The van der Waals surface area contributed by atoms with Crippen LogP contribution >= 0.6 is 12.2 Å². The molecule has 29 heavy (non-hydrogen) atoms. The van der Waals surface area contributed by atoms with E-state index < -0.39 is 0 Å². The van der Waals surface area contributed by atoms with Crippen molar-refractivity contribution in [2.45, 2.75) is 20.3 Å². The molecule has 0 unspecified atom stereocenters. The van der Waals surface area contributed by atoms with Gasteiger partial charge in [-0.1, -0.05) is 6.07 Å². The fourth-order valence-electron chi connectivity index (χ4n) is 3.06. The minimum atomic E-state index is -0.287. The lowest BCUT2D eigenvalue weighted by molar-refractivity contribution is 0.628. The van der Waals surface area contributed by atoms with Crippen molar-refractivity contribution >= 4 is 39.7 Å². The molecule has 1 heterocycles. The van der Waals surface area contributed by atoms with Gasteiger partial charge < -0.3 is 16.0 Å². The van der Waals surface area contributed by atoms with E-state index >= 15 is 0 Å². The summed E-state index contributed by atoms with van der Waals surface area (Å²) in [4.78, 5) is 4.64. The van der Waals surface area contributed by atoms with E-state index in [4.69, 9.17) is 12.2 Å².